The van der Waals surface area contributed by atoms with E-state index in [9.17, 15) is 9.18 Å². The Balaban J connectivity index is 1.60. The Labute approximate surface area is 201 Å². The summed E-state index contributed by atoms with van der Waals surface area (Å²) in [5.74, 6) is 0.919. The number of amides is 2. The third-order valence-electron chi connectivity index (χ3n) is 5.97. The fraction of sp³-hybridized carbons (Fsp3) is 0.148. The van der Waals surface area contributed by atoms with Crippen LogP contribution in [0.3, 0.4) is 0 Å². The van der Waals surface area contributed by atoms with Crippen molar-refractivity contribution in [1.29, 1.82) is 0 Å². The Morgan fingerprint density at radius 3 is 2.57 bits per heavy atom. The number of methoxy groups -OCH3 is 1. The van der Waals surface area contributed by atoms with Gasteiger partial charge in [-0.3, -0.25) is 4.90 Å². The summed E-state index contributed by atoms with van der Waals surface area (Å²) in [6.45, 7) is 2.25. The number of ether oxygens (including phenoxy) is 1. The lowest BCUT2D eigenvalue weighted by Crippen LogP contribution is -2.45. The first kappa shape index (κ1) is 22.3. The normalized spacial score (nSPS) is 15.8. The molecule has 1 unspecified atom stereocenters. The van der Waals surface area contributed by atoms with Gasteiger partial charge in [0.25, 0.3) is 5.89 Å². The second-order valence-electron chi connectivity index (χ2n) is 8.16. The molecule has 1 aliphatic heterocycles. The molecule has 0 radical (unpaired) electrons. The summed E-state index contributed by atoms with van der Waals surface area (Å²) >= 11 is 0. The van der Waals surface area contributed by atoms with Gasteiger partial charge in [-0.05, 0) is 54.4 Å². The lowest BCUT2D eigenvalue weighted by molar-refractivity contribution is 0.203. The Hall–Kier alpha value is -4.46. The van der Waals surface area contributed by atoms with Crippen molar-refractivity contribution in [2.45, 2.75) is 19.5 Å². The van der Waals surface area contributed by atoms with Crippen molar-refractivity contribution in [3.63, 3.8) is 0 Å². The van der Waals surface area contributed by atoms with Crippen LogP contribution in [0.2, 0.25) is 0 Å². The topological polar surface area (TPSA) is 80.5 Å². The number of carbonyl (C=O) groups is 1. The van der Waals surface area contributed by atoms with E-state index in [4.69, 9.17) is 9.26 Å². The van der Waals surface area contributed by atoms with E-state index in [0.29, 0.717) is 35.0 Å². The number of halogens is 1. The van der Waals surface area contributed by atoms with Gasteiger partial charge in [0.05, 0.1) is 25.3 Å². The molecule has 0 bridgehead atoms. The molecule has 0 saturated heterocycles. The molecule has 0 saturated carbocycles. The summed E-state index contributed by atoms with van der Waals surface area (Å²) in [7, 11) is 1.59. The maximum atomic E-state index is 13.4. The molecule has 1 aliphatic rings. The van der Waals surface area contributed by atoms with Gasteiger partial charge in [-0.1, -0.05) is 47.6 Å². The number of aromatic nitrogens is 2. The van der Waals surface area contributed by atoms with E-state index in [2.05, 4.69) is 15.5 Å². The average molecular weight is 471 g/mol. The fourth-order valence-corrected chi connectivity index (χ4v) is 4.13. The molecule has 5 rings (SSSR count). The molecular weight excluding hydrogens is 447 g/mol. The van der Waals surface area contributed by atoms with E-state index in [1.165, 1.54) is 12.1 Å². The van der Waals surface area contributed by atoms with Crippen molar-refractivity contribution in [2.24, 2.45) is 0 Å². The molecule has 0 fully saturated rings. The summed E-state index contributed by atoms with van der Waals surface area (Å²) in [5, 5.41) is 7.20. The number of hydrogen-bond donors (Lipinski definition) is 1. The van der Waals surface area contributed by atoms with E-state index in [0.717, 1.165) is 11.1 Å². The molecule has 0 aliphatic carbocycles. The Bertz CT molecular complexity index is 1380. The maximum absolute atomic E-state index is 13.4. The molecule has 35 heavy (non-hydrogen) atoms. The smallest absolute Gasteiger partial charge is 0.322 e. The minimum Gasteiger partial charge on any atom is -0.497 e. The van der Waals surface area contributed by atoms with Gasteiger partial charge in [-0.2, -0.15) is 4.98 Å². The number of nitrogens with zero attached hydrogens (tertiary/aromatic N) is 3. The van der Waals surface area contributed by atoms with Crippen molar-refractivity contribution in [3.05, 3.63) is 107 Å². The van der Waals surface area contributed by atoms with Crippen molar-refractivity contribution in [1.82, 2.24) is 20.4 Å². The number of nitrogens with one attached hydrogen (secondary N) is 1. The molecule has 1 N–H and O–H groups in total. The third kappa shape index (κ3) is 4.50. The molecule has 3 aromatic carbocycles. The highest BCUT2D eigenvalue weighted by atomic mass is 19.1. The molecule has 176 valence electrons. The number of benzene rings is 3. The van der Waals surface area contributed by atoms with Gasteiger partial charge in [0, 0.05) is 11.3 Å². The van der Waals surface area contributed by atoms with Crippen molar-refractivity contribution in [2.75, 3.05) is 7.11 Å². The summed E-state index contributed by atoms with van der Waals surface area (Å²) in [5.41, 5.74) is 3.79. The van der Waals surface area contributed by atoms with Gasteiger partial charge in [0.1, 0.15) is 11.6 Å². The van der Waals surface area contributed by atoms with Crippen LogP contribution in [-0.2, 0) is 6.54 Å². The van der Waals surface area contributed by atoms with Crippen LogP contribution in [0.1, 0.15) is 30.0 Å². The standard InChI is InChI=1S/C27H23FN4O3/c1-17-23(26-30-25(31-35-26)19-11-13-21(28)14-12-19)24(20-9-6-10-22(15-20)34-2)29-27(33)32(17)16-18-7-4-3-5-8-18/h3-15,24H,16H2,1-2H3,(H,29,33). The van der Waals surface area contributed by atoms with Crippen LogP contribution in [0.5, 0.6) is 5.75 Å². The quantitative estimate of drug-likeness (QED) is 0.398. The van der Waals surface area contributed by atoms with Crippen molar-refractivity contribution < 1.29 is 18.4 Å². The van der Waals surface area contributed by atoms with Gasteiger partial charge in [0.15, 0.2) is 0 Å². The summed E-state index contributed by atoms with van der Waals surface area (Å²) in [4.78, 5) is 19.5. The molecular formula is C27H23FN4O3. The lowest BCUT2D eigenvalue weighted by Gasteiger charge is -2.35. The first-order valence-corrected chi connectivity index (χ1v) is 11.1. The first-order valence-electron chi connectivity index (χ1n) is 11.1. The molecule has 2 heterocycles. The molecule has 4 aromatic rings. The van der Waals surface area contributed by atoms with Crippen LogP contribution in [0.4, 0.5) is 9.18 Å². The number of rotatable bonds is 6. The van der Waals surface area contributed by atoms with Gasteiger partial charge < -0.3 is 14.6 Å². The highest BCUT2D eigenvalue weighted by Gasteiger charge is 2.36. The maximum Gasteiger partial charge on any atom is 0.322 e. The third-order valence-corrected chi connectivity index (χ3v) is 5.97. The van der Waals surface area contributed by atoms with Gasteiger partial charge in [-0.15, -0.1) is 0 Å². The van der Waals surface area contributed by atoms with E-state index in [1.807, 2.05) is 61.5 Å². The predicted molar refractivity (Wildman–Crippen MR) is 129 cm³/mol. The Morgan fingerprint density at radius 1 is 1.06 bits per heavy atom. The molecule has 8 heteroatoms. The number of urea groups is 1. The fourth-order valence-electron chi connectivity index (χ4n) is 4.13. The highest BCUT2D eigenvalue weighted by Crippen LogP contribution is 2.38. The summed E-state index contributed by atoms with van der Waals surface area (Å²) in [6, 6.07) is 22.3. The van der Waals surface area contributed by atoms with E-state index in [-0.39, 0.29) is 17.7 Å². The second-order valence-corrected chi connectivity index (χ2v) is 8.16. The van der Waals surface area contributed by atoms with Crippen LogP contribution in [0.25, 0.3) is 17.0 Å². The zero-order valence-electron chi connectivity index (χ0n) is 19.2. The highest BCUT2D eigenvalue weighted by molar-refractivity contribution is 5.87. The zero-order valence-corrected chi connectivity index (χ0v) is 19.2. The van der Waals surface area contributed by atoms with E-state index >= 15 is 0 Å². The van der Waals surface area contributed by atoms with E-state index < -0.39 is 6.04 Å². The van der Waals surface area contributed by atoms with Gasteiger partial charge in [-0.25, -0.2) is 9.18 Å². The van der Waals surface area contributed by atoms with Crippen LogP contribution >= 0.6 is 0 Å². The average Bonchev–Trinajstić information content (AvgIpc) is 3.37. The first-order chi connectivity index (χ1) is 17.0. The monoisotopic (exact) mass is 470 g/mol. The minimum atomic E-state index is -0.536. The minimum absolute atomic E-state index is 0.235. The molecule has 0 spiro atoms. The number of carbonyl (C=O) groups excluding carboxylic acids is 1. The molecule has 1 atom stereocenters. The largest absolute Gasteiger partial charge is 0.497 e. The number of allylic oxidation sites excluding steroid dienone is 1. The number of hydrogen-bond acceptors (Lipinski definition) is 5. The molecule has 2 amide bonds. The van der Waals surface area contributed by atoms with Crippen LogP contribution < -0.4 is 10.1 Å². The molecule has 1 aromatic heterocycles. The van der Waals surface area contributed by atoms with Crippen molar-refractivity contribution >= 4 is 11.6 Å². The predicted octanol–water partition coefficient (Wildman–Crippen LogP) is 5.58. The van der Waals surface area contributed by atoms with Crippen LogP contribution in [-0.4, -0.2) is 28.2 Å². The molecule has 7 nitrogen and oxygen atoms in total. The lowest BCUT2D eigenvalue weighted by atomic mass is 9.94. The van der Waals surface area contributed by atoms with Gasteiger partial charge >= 0.3 is 6.03 Å². The van der Waals surface area contributed by atoms with Crippen LogP contribution in [0, 0.1) is 5.82 Å². The Morgan fingerprint density at radius 2 is 1.83 bits per heavy atom. The van der Waals surface area contributed by atoms with Crippen molar-refractivity contribution in [3.8, 4) is 17.1 Å². The Kier molecular flexibility index (Phi) is 6.01. The summed E-state index contributed by atoms with van der Waals surface area (Å²) < 4.78 is 24.5. The second kappa shape index (κ2) is 9.42. The zero-order chi connectivity index (χ0) is 24.4. The van der Waals surface area contributed by atoms with Crippen LogP contribution in [0.15, 0.2) is 89.1 Å². The van der Waals surface area contributed by atoms with Gasteiger partial charge in [0.2, 0.25) is 5.82 Å². The SMILES string of the molecule is COc1cccc(C2NC(=O)N(Cc3ccccc3)C(C)=C2c2nc(-c3ccc(F)cc3)no2)c1. The summed E-state index contributed by atoms with van der Waals surface area (Å²) in [6.07, 6.45) is 0. The van der Waals surface area contributed by atoms with E-state index in [1.54, 1.807) is 24.1 Å².